The second-order valence-corrected chi connectivity index (χ2v) is 3.33. The van der Waals surface area contributed by atoms with Crippen LogP contribution in [0.2, 0.25) is 0 Å². The second kappa shape index (κ2) is 6.48. The summed E-state index contributed by atoms with van der Waals surface area (Å²) < 4.78 is 49.5. The number of alkyl halides is 3. The first-order chi connectivity index (χ1) is 8.89. The lowest BCUT2D eigenvalue weighted by molar-refractivity contribution is -0.325. The average molecular weight is 283 g/mol. The Kier molecular flexibility index (Phi) is 5.24. The van der Waals surface area contributed by atoms with E-state index >= 15 is 0 Å². The number of hydrogen-bond acceptors (Lipinski definition) is 6. The van der Waals surface area contributed by atoms with Crippen molar-refractivity contribution in [3.8, 4) is 0 Å². The van der Waals surface area contributed by atoms with E-state index in [-0.39, 0.29) is 24.5 Å². The number of nitrogens with zero attached hydrogens (tertiary/aromatic N) is 3. The molecular weight excluding hydrogens is 271 g/mol. The molecule has 0 spiro atoms. The van der Waals surface area contributed by atoms with Gasteiger partial charge in [0.05, 0.1) is 32.6 Å². The molecule has 19 heavy (non-hydrogen) atoms. The lowest BCUT2D eigenvalue weighted by atomic mass is 10.3. The third kappa shape index (κ3) is 4.48. The largest absolute Gasteiger partial charge is 0.522 e. The summed E-state index contributed by atoms with van der Waals surface area (Å²) in [4.78, 5) is 11.4. The molecule has 0 amide bonds. The number of esters is 1. The Morgan fingerprint density at radius 2 is 2.05 bits per heavy atom. The van der Waals surface area contributed by atoms with Gasteiger partial charge in [0.2, 0.25) is 0 Å². The van der Waals surface area contributed by atoms with Gasteiger partial charge < -0.3 is 9.47 Å². The second-order valence-electron chi connectivity index (χ2n) is 3.33. The minimum atomic E-state index is -4.72. The van der Waals surface area contributed by atoms with Gasteiger partial charge in [0, 0.05) is 7.11 Å². The van der Waals surface area contributed by atoms with Crippen molar-refractivity contribution in [2.75, 3.05) is 20.8 Å². The van der Waals surface area contributed by atoms with Gasteiger partial charge in [-0.2, -0.15) is 0 Å². The molecule has 10 heteroatoms. The molecule has 1 aromatic heterocycles. The van der Waals surface area contributed by atoms with Crippen LogP contribution in [0.1, 0.15) is 16.2 Å². The summed E-state index contributed by atoms with van der Waals surface area (Å²) in [6.45, 7) is -0.907. The van der Waals surface area contributed by atoms with E-state index in [4.69, 9.17) is 4.74 Å². The molecule has 0 aliphatic carbocycles. The van der Waals surface area contributed by atoms with Gasteiger partial charge >= 0.3 is 12.3 Å². The van der Waals surface area contributed by atoms with E-state index in [1.807, 2.05) is 0 Å². The SMILES string of the molecule is COCc1c(C(=O)OC)nnn1CCOC(F)(F)F. The summed E-state index contributed by atoms with van der Waals surface area (Å²) in [6.07, 6.45) is -4.72. The highest BCUT2D eigenvalue weighted by Crippen LogP contribution is 2.16. The summed E-state index contributed by atoms with van der Waals surface area (Å²) >= 11 is 0. The Bertz CT molecular complexity index is 433. The molecule has 0 unspecified atom stereocenters. The van der Waals surface area contributed by atoms with Crippen LogP contribution in [0.3, 0.4) is 0 Å². The van der Waals surface area contributed by atoms with E-state index in [9.17, 15) is 18.0 Å². The van der Waals surface area contributed by atoms with Crippen molar-refractivity contribution in [2.45, 2.75) is 19.5 Å². The highest BCUT2D eigenvalue weighted by atomic mass is 19.4. The van der Waals surface area contributed by atoms with E-state index in [0.29, 0.717) is 0 Å². The Hall–Kier alpha value is -1.68. The fourth-order valence-corrected chi connectivity index (χ4v) is 1.30. The zero-order chi connectivity index (χ0) is 14.5. The monoisotopic (exact) mass is 283 g/mol. The van der Waals surface area contributed by atoms with Gasteiger partial charge in [0.25, 0.3) is 0 Å². The van der Waals surface area contributed by atoms with Crippen molar-refractivity contribution < 1.29 is 32.2 Å². The number of carbonyl (C=O) groups is 1. The van der Waals surface area contributed by atoms with Crippen molar-refractivity contribution in [3.63, 3.8) is 0 Å². The maximum atomic E-state index is 11.8. The van der Waals surface area contributed by atoms with Gasteiger partial charge in [-0.05, 0) is 0 Å². The molecule has 0 saturated heterocycles. The van der Waals surface area contributed by atoms with Gasteiger partial charge in [0.1, 0.15) is 0 Å². The number of rotatable bonds is 6. The number of hydrogen-bond donors (Lipinski definition) is 0. The summed E-state index contributed by atoms with van der Waals surface area (Å²) in [5.41, 5.74) is 0.122. The van der Waals surface area contributed by atoms with Crippen molar-refractivity contribution in [3.05, 3.63) is 11.4 Å². The van der Waals surface area contributed by atoms with Crippen molar-refractivity contribution in [1.82, 2.24) is 15.0 Å². The van der Waals surface area contributed by atoms with Crippen LogP contribution in [0, 0.1) is 0 Å². The molecule has 1 heterocycles. The number of aromatic nitrogens is 3. The van der Waals surface area contributed by atoms with Crippen LogP contribution < -0.4 is 0 Å². The summed E-state index contributed by atoms with van der Waals surface area (Å²) in [5, 5.41) is 7.10. The smallest absolute Gasteiger partial charge is 0.464 e. The molecule has 0 radical (unpaired) electrons. The maximum absolute atomic E-state index is 11.8. The first-order valence-corrected chi connectivity index (χ1v) is 5.09. The Morgan fingerprint density at radius 3 is 2.58 bits per heavy atom. The number of carbonyl (C=O) groups excluding carboxylic acids is 1. The van der Waals surface area contributed by atoms with E-state index in [1.54, 1.807) is 0 Å². The maximum Gasteiger partial charge on any atom is 0.522 e. The molecule has 0 aliphatic heterocycles. The minimum Gasteiger partial charge on any atom is -0.464 e. The predicted octanol–water partition coefficient (Wildman–Crippen LogP) is 0.747. The third-order valence-electron chi connectivity index (χ3n) is 2.07. The molecule has 0 aromatic carbocycles. The van der Waals surface area contributed by atoms with E-state index < -0.39 is 18.9 Å². The van der Waals surface area contributed by atoms with E-state index in [1.165, 1.54) is 7.11 Å². The molecule has 0 atom stereocenters. The van der Waals surface area contributed by atoms with Crippen LogP contribution in [0.15, 0.2) is 0 Å². The lowest BCUT2D eigenvalue weighted by Crippen LogP contribution is -2.19. The quantitative estimate of drug-likeness (QED) is 0.717. The molecule has 108 valence electrons. The highest BCUT2D eigenvalue weighted by Gasteiger charge is 2.29. The van der Waals surface area contributed by atoms with Crippen LogP contribution in [0.25, 0.3) is 0 Å². The van der Waals surface area contributed by atoms with Crippen LogP contribution in [-0.2, 0) is 27.4 Å². The molecule has 7 nitrogen and oxygen atoms in total. The molecule has 0 fully saturated rings. The number of methoxy groups -OCH3 is 2. The van der Waals surface area contributed by atoms with Gasteiger partial charge in [-0.1, -0.05) is 5.21 Å². The zero-order valence-corrected chi connectivity index (χ0v) is 10.2. The van der Waals surface area contributed by atoms with Gasteiger partial charge in [-0.25, -0.2) is 9.48 Å². The molecular formula is C9H12F3N3O4. The fourth-order valence-electron chi connectivity index (χ4n) is 1.30. The Morgan fingerprint density at radius 1 is 1.37 bits per heavy atom. The van der Waals surface area contributed by atoms with Gasteiger partial charge in [-0.3, -0.25) is 4.74 Å². The first-order valence-electron chi connectivity index (χ1n) is 5.09. The number of ether oxygens (including phenoxy) is 3. The predicted molar refractivity (Wildman–Crippen MR) is 54.1 cm³/mol. The lowest BCUT2D eigenvalue weighted by Gasteiger charge is -2.09. The van der Waals surface area contributed by atoms with Crippen LogP contribution in [0.4, 0.5) is 13.2 Å². The van der Waals surface area contributed by atoms with Gasteiger partial charge in [0.15, 0.2) is 5.69 Å². The average Bonchev–Trinajstić information content (AvgIpc) is 2.71. The van der Waals surface area contributed by atoms with E-state index in [2.05, 4.69) is 19.8 Å². The van der Waals surface area contributed by atoms with E-state index in [0.717, 1.165) is 11.8 Å². The molecule has 0 saturated carbocycles. The van der Waals surface area contributed by atoms with Crippen LogP contribution in [0.5, 0.6) is 0 Å². The van der Waals surface area contributed by atoms with Crippen molar-refractivity contribution in [2.24, 2.45) is 0 Å². The first kappa shape index (κ1) is 15.4. The molecule has 0 bridgehead atoms. The summed E-state index contributed by atoms with van der Waals surface area (Å²) in [6, 6.07) is 0. The Balaban J connectivity index is 2.77. The van der Waals surface area contributed by atoms with Crippen molar-refractivity contribution in [1.29, 1.82) is 0 Å². The normalized spacial score (nSPS) is 11.6. The highest BCUT2D eigenvalue weighted by molar-refractivity contribution is 5.88. The van der Waals surface area contributed by atoms with Crippen LogP contribution >= 0.6 is 0 Å². The minimum absolute atomic E-state index is 0.0382. The fraction of sp³-hybridized carbons (Fsp3) is 0.667. The summed E-state index contributed by atoms with van der Waals surface area (Å²) in [7, 11) is 2.52. The zero-order valence-electron chi connectivity index (χ0n) is 10.2. The third-order valence-corrected chi connectivity index (χ3v) is 2.07. The summed E-state index contributed by atoms with van der Waals surface area (Å²) in [5.74, 6) is -0.741. The number of halogens is 3. The van der Waals surface area contributed by atoms with Crippen molar-refractivity contribution >= 4 is 5.97 Å². The molecule has 1 aromatic rings. The molecule has 0 N–H and O–H groups in total. The Labute approximate surface area is 106 Å². The standard InChI is InChI=1S/C9H12F3N3O4/c1-17-5-6-7(8(16)18-2)13-14-15(6)3-4-19-9(10,11)12/h3-5H2,1-2H3. The molecule has 0 aliphatic rings. The molecule has 1 rings (SSSR count). The van der Waals surface area contributed by atoms with Crippen LogP contribution in [-0.4, -0.2) is 48.2 Å². The topological polar surface area (TPSA) is 75.5 Å². The van der Waals surface area contributed by atoms with Gasteiger partial charge in [-0.15, -0.1) is 18.3 Å².